The molecule has 0 unspecified atom stereocenters. The van der Waals surface area contributed by atoms with Gasteiger partial charge in [-0.3, -0.25) is 9.59 Å². The van der Waals surface area contributed by atoms with Crippen LogP contribution in [-0.4, -0.2) is 24.8 Å². The van der Waals surface area contributed by atoms with Crippen LogP contribution in [0, 0.1) is 13.8 Å². The van der Waals surface area contributed by atoms with Gasteiger partial charge >= 0.3 is 0 Å². The van der Waals surface area contributed by atoms with Gasteiger partial charge in [0.05, 0.1) is 6.54 Å². The quantitative estimate of drug-likeness (QED) is 0.564. The second kappa shape index (κ2) is 8.85. The zero-order valence-corrected chi connectivity index (χ0v) is 15.3. The van der Waals surface area contributed by atoms with Crippen LogP contribution in [0.4, 0.5) is 0 Å². The summed E-state index contributed by atoms with van der Waals surface area (Å²) in [7, 11) is 0. The maximum Gasteiger partial charge on any atom is 0.220 e. The Bertz CT molecular complexity index is 710. The number of ketones is 1. The first-order valence-corrected chi connectivity index (χ1v) is 8.90. The molecule has 0 aliphatic rings. The van der Waals surface area contributed by atoms with Crippen molar-refractivity contribution in [3.63, 3.8) is 0 Å². The molecule has 0 radical (unpaired) electrons. The minimum absolute atomic E-state index is 0.0180. The molecule has 2 aromatic rings. The largest absolute Gasteiger partial charge is 0.492 e. The van der Waals surface area contributed by atoms with Crippen molar-refractivity contribution < 1.29 is 14.3 Å². The first-order valence-electron chi connectivity index (χ1n) is 7.71. The average molecular weight is 366 g/mol. The minimum Gasteiger partial charge on any atom is -0.492 e. The third-order valence-corrected chi connectivity index (χ3v) is 4.65. The summed E-state index contributed by atoms with van der Waals surface area (Å²) < 4.78 is 5.49. The summed E-state index contributed by atoms with van der Waals surface area (Å²) in [6.45, 7) is 4.66. The Morgan fingerprint density at radius 1 is 1.17 bits per heavy atom. The molecule has 128 valence electrons. The summed E-state index contributed by atoms with van der Waals surface area (Å²) in [5.74, 6) is 0.573. The van der Waals surface area contributed by atoms with E-state index in [0.29, 0.717) is 23.9 Å². The fourth-order valence-corrected chi connectivity index (χ4v) is 3.32. The van der Waals surface area contributed by atoms with Crippen molar-refractivity contribution >= 4 is 34.6 Å². The number of hydrogen-bond acceptors (Lipinski definition) is 4. The molecule has 1 heterocycles. The fraction of sp³-hybridized carbons (Fsp3) is 0.333. The topological polar surface area (TPSA) is 55.4 Å². The second-order valence-corrected chi connectivity index (χ2v) is 7.30. The van der Waals surface area contributed by atoms with E-state index in [0.717, 1.165) is 15.3 Å². The van der Waals surface area contributed by atoms with Crippen LogP contribution in [0.15, 0.2) is 30.3 Å². The zero-order chi connectivity index (χ0) is 17.5. The summed E-state index contributed by atoms with van der Waals surface area (Å²) >= 11 is 7.39. The maximum absolute atomic E-state index is 12.1. The van der Waals surface area contributed by atoms with Crippen LogP contribution in [0.25, 0.3) is 0 Å². The lowest BCUT2D eigenvalue weighted by molar-refractivity contribution is -0.121. The molecule has 4 nitrogen and oxygen atoms in total. The predicted molar refractivity (Wildman–Crippen MR) is 97.3 cm³/mol. The SMILES string of the molecule is Cc1cc(C(=O)CCC(=O)NCCOc2ccc(Cl)cc2)c(C)s1. The highest BCUT2D eigenvalue weighted by molar-refractivity contribution is 7.12. The van der Waals surface area contributed by atoms with Gasteiger partial charge in [0.1, 0.15) is 12.4 Å². The van der Waals surface area contributed by atoms with E-state index >= 15 is 0 Å². The highest BCUT2D eigenvalue weighted by Crippen LogP contribution is 2.22. The lowest BCUT2D eigenvalue weighted by Gasteiger charge is -2.07. The number of halogens is 1. The monoisotopic (exact) mass is 365 g/mol. The average Bonchev–Trinajstić information content (AvgIpc) is 2.89. The lowest BCUT2D eigenvalue weighted by Crippen LogP contribution is -2.28. The first-order chi connectivity index (χ1) is 11.5. The number of aryl methyl sites for hydroxylation is 2. The highest BCUT2D eigenvalue weighted by Gasteiger charge is 2.13. The van der Waals surface area contributed by atoms with Crippen LogP contribution in [0.1, 0.15) is 33.0 Å². The van der Waals surface area contributed by atoms with Crippen molar-refractivity contribution in [3.8, 4) is 5.75 Å². The van der Waals surface area contributed by atoms with Crippen LogP contribution in [-0.2, 0) is 4.79 Å². The number of benzene rings is 1. The fourth-order valence-electron chi connectivity index (χ4n) is 2.25. The molecule has 1 aromatic heterocycles. The van der Waals surface area contributed by atoms with Crippen LogP contribution >= 0.6 is 22.9 Å². The van der Waals surface area contributed by atoms with Gasteiger partial charge in [0, 0.05) is 33.2 Å². The van der Waals surface area contributed by atoms with Crippen LogP contribution in [0.2, 0.25) is 5.02 Å². The van der Waals surface area contributed by atoms with Crippen molar-refractivity contribution in [1.82, 2.24) is 5.32 Å². The minimum atomic E-state index is -0.146. The number of nitrogens with one attached hydrogen (secondary N) is 1. The van der Waals surface area contributed by atoms with Gasteiger partial charge in [-0.15, -0.1) is 11.3 Å². The Labute approximate surface area is 150 Å². The van der Waals surface area contributed by atoms with Crippen molar-refractivity contribution in [3.05, 3.63) is 50.7 Å². The van der Waals surface area contributed by atoms with Crippen LogP contribution < -0.4 is 10.1 Å². The maximum atomic E-state index is 12.1. The van der Waals surface area contributed by atoms with E-state index < -0.39 is 0 Å². The molecular weight excluding hydrogens is 346 g/mol. The Kier molecular flexibility index (Phi) is 6.82. The number of carbonyl (C=O) groups is 2. The van der Waals surface area contributed by atoms with E-state index in [4.69, 9.17) is 16.3 Å². The normalized spacial score (nSPS) is 10.5. The molecule has 0 saturated carbocycles. The van der Waals surface area contributed by atoms with Gasteiger partial charge in [0.15, 0.2) is 5.78 Å². The highest BCUT2D eigenvalue weighted by atomic mass is 35.5. The molecule has 0 spiro atoms. The van der Waals surface area contributed by atoms with Crippen molar-refractivity contribution in [2.24, 2.45) is 0 Å². The molecule has 1 N–H and O–H groups in total. The smallest absolute Gasteiger partial charge is 0.220 e. The number of thiophene rings is 1. The Hall–Kier alpha value is -1.85. The van der Waals surface area contributed by atoms with Crippen LogP contribution in [0.3, 0.4) is 0 Å². The zero-order valence-electron chi connectivity index (χ0n) is 13.7. The van der Waals surface area contributed by atoms with Gasteiger partial charge in [0.2, 0.25) is 5.91 Å². The number of ether oxygens (including phenoxy) is 1. The van der Waals surface area contributed by atoms with Gasteiger partial charge in [-0.25, -0.2) is 0 Å². The van der Waals surface area contributed by atoms with Crippen molar-refractivity contribution in [2.75, 3.05) is 13.2 Å². The molecular formula is C18H20ClNO3S. The van der Waals surface area contributed by atoms with E-state index in [1.165, 1.54) is 0 Å². The van der Waals surface area contributed by atoms with Gasteiger partial charge in [0.25, 0.3) is 0 Å². The lowest BCUT2D eigenvalue weighted by atomic mass is 10.1. The summed E-state index contributed by atoms with van der Waals surface area (Å²) in [4.78, 5) is 26.0. The summed E-state index contributed by atoms with van der Waals surface area (Å²) in [5.41, 5.74) is 0.733. The molecule has 0 fully saturated rings. The molecule has 1 aromatic carbocycles. The number of amides is 1. The summed E-state index contributed by atoms with van der Waals surface area (Å²) in [6, 6.07) is 8.92. The van der Waals surface area contributed by atoms with Gasteiger partial charge in [-0.05, 0) is 44.2 Å². The van der Waals surface area contributed by atoms with E-state index in [9.17, 15) is 9.59 Å². The molecule has 0 aliphatic carbocycles. The molecule has 0 bridgehead atoms. The van der Waals surface area contributed by atoms with E-state index in [1.807, 2.05) is 19.9 Å². The molecule has 0 aliphatic heterocycles. The predicted octanol–water partition coefficient (Wildman–Crippen LogP) is 4.18. The van der Waals surface area contributed by atoms with E-state index in [1.54, 1.807) is 35.6 Å². The van der Waals surface area contributed by atoms with Crippen molar-refractivity contribution in [1.29, 1.82) is 0 Å². The summed E-state index contributed by atoms with van der Waals surface area (Å²) in [5, 5.41) is 3.40. The number of Topliss-reactive ketones (excluding diaryl/α,β-unsaturated/α-hetero) is 1. The Morgan fingerprint density at radius 3 is 2.50 bits per heavy atom. The second-order valence-electron chi connectivity index (χ2n) is 5.40. The van der Waals surface area contributed by atoms with Gasteiger partial charge in [-0.2, -0.15) is 0 Å². The molecule has 2 rings (SSSR count). The first kappa shape index (κ1) is 18.5. The van der Waals surface area contributed by atoms with Crippen molar-refractivity contribution in [2.45, 2.75) is 26.7 Å². The van der Waals surface area contributed by atoms with E-state index in [2.05, 4.69) is 5.32 Å². The molecule has 0 atom stereocenters. The standard InChI is InChI=1S/C18H20ClNO3S/c1-12-11-16(13(2)24-12)17(21)7-8-18(22)20-9-10-23-15-5-3-14(19)4-6-15/h3-6,11H,7-10H2,1-2H3,(H,20,22). The Balaban J connectivity index is 1.65. The number of carbonyl (C=O) groups excluding carboxylic acids is 2. The number of rotatable bonds is 8. The molecule has 0 saturated heterocycles. The molecule has 1 amide bonds. The molecule has 6 heteroatoms. The third-order valence-electron chi connectivity index (χ3n) is 3.43. The van der Waals surface area contributed by atoms with Gasteiger partial charge in [-0.1, -0.05) is 11.6 Å². The number of hydrogen-bond donors (Lipinski definition) is 1. The Morgan fingerprint density at radius 2 is 1.88 bits per heavy atom. The van der Waals surface area contributed by atoms with Crippen LogP contribution in [0.5, 0.6) is 5.75 Å². The third kappa shape index (κ3) is 5.65. The van der Waals surface area contributed by atoms with Gasteiger partial charge < -0.3 is 10.1 Å². The molecule has 24 heavy (non-hydrogen) atoms. The van der Waals surface area contributed by atoms with E-state index in [-0.39, 0.29) is 24.5 Å². The summed E-state index contributed by atoms with van der Waals surface area (Å²) in [6.07, 6.45) is 0.412.